The number of sulfonamides is 1. The lowest BCUT2D eigenvalue weighted by Crippen LogP contribution is -2.50. The molecule has 0 fully saturated rings. The third-order valence-electron chi connectivity index (χ3n) is 5.66. The summed E-state index contributed by atoms with van der Waals surface area (Å²) in [5, 5.41) is 2.90. The van der Waals surface area contributed by atoms with Crippen LogP contribution in [0.25, 0.3) is 0 Å². The number of nitrogens with zero attached hydrogens (tertiary/aromatic N) is 2. The molecule has 0 aliphatic heterocycles. The lowest BCUT2D eigenvalue weighted by molar-refractivity contribution is -0.139. The van der Waals surface area contributed by atoms with Crippen LogP contribution in [-0.4, -0.2) is 44.8 Å². The van der Waals surface area contributed by atoms with E-state index >= 15 is 0 Å². The van der Waals surface area contributed by atoms with Gasteiger partial charge in [-0.15, -0.1) is 0 Å². The van der Waals surface area contributed by atoms with Crippen LogP contribution in [0.1, 0.15) is 18.1 Å². The topological polar surface area (TPSA) is 86.8 Å². The van der Waals surface area contributed by atoms with Gasteiger partial charge >= 0.3 is 0 Å². The average molecular weight is 514 g/mol. The number of amides is 2. The normalized spacial score (nSPS) is 12.0. The molecule has 0 radical (unpaired) electrons. The van der Waals surface area contributed by atoms with Gasteiger partial charge in [0, 0.05) is 18.6 Å². The maximum atomic E-state index is 13.7. The number of hydrogen-bond donors (Lipinski definition) is 1. The first-order valence-electron chi connectivity index (χ1n) is 11.0. The number of anilines is 1. The molecular weight excluding hydrogens is 486 g/mol. The molecule has 1 N–H and O–H groups in total. The van der Waals surface area contributed by atoms with E-state index in [2.05, 4.69) is 5.32 Å². The van der Waals surface area contributed by atoms with E-state index in [0.717, 1.165) is 9.87 Å². The monoisotopic (exact) mass is 513 g/mol. The summed E-state index contributed by atoms with van der Waals surface area (Å²) in [6.07, 6.45) is 0. The number of hydrogen-bond acceptors (Lipinski definition) is 4. The van der Waals surface area contributed by atoms with Crippen molar-refractivity contribution in [2.45, 2.75) is 31.3 Å². The first-order valence-corrected chi connectivity index (χ1v) is 12.9. The molecule has 3 aromatic rings. The Bertz CT molecular complexity index is 1280. The average Bonchev–Trinajstić information content (AvgIpc) is 2.87. The van der Waals surface area contributed by atoms with Gasteiger partial charge in [0.05, 0.1) is 10.6 Å². The minimum atomic E-state index is -4.12. The van der Waals surface area contributed by atoms with Gasteiger partial charge in [-0.25, -0.2) is 8.42 Å². The molecule has 0 saturated carbocycles. The molecule has 35 heavy (non-hydrogen) atoms. The summed E-state index contributed by atoms with van der Waals surface area (Å²) in [5.74, 6) is -0.880. The zero-order valence-corrected chi connectivity index (χ0v) is 21.4. The molecule has 0 saturated heterocycles. The van der Waals surface area contributed by atoms with Crippen molar-refractivity contribution in [2.75, 3.05) is 17.9 Å². The fourth-order valence-corrected chi connectivity index (χ4v) is 5.31. The minimum Gasteiger partial charge on any atom is -0.357 e. The first kappa shape index (κ1) is 26.2. The summed E-state index contributed by atoms with van der Waals surface area (Å²) >= 11 is 6.20. The van der Waals surface area contributed by atoms with Crippen molar-refractivity contribution in [3.63, 3.8) is 0 Å². The quantitative estimate of drug-likeness (QED) is 0.468. The smallest absolute Gasteiger partial charge is 0.264 e. The summed E-state index contributed by atoms with van der Waals surface area (Å²) in [6.45, 7) is 2.99. The van der Waals surface area contributed by atoms with E-state index in [1.807, 2.05) is 30.3 Å². The van der Waals surface area contributed by atoms with Crippen LogP contribution in [0.15, 0.2) is 83.8 Å². The molecule has 3 rings (SSSR count). The lowest BCUT2D eigenvalue weighted by Gasteiger charge is -2.32. The molecular formula is C26H28ClN3O4S. The number of carbonyl (C=O) groups excluding carboxylic acids is 2. The Morgan fingerprint density at radius 2 is 1.57 bits per heavy atom. The van der Waals surface area contributed by atoms with E-state index in [0.29, 0.717) is 16.3 Å². The third-order valence-corrected chi connectivity index (χ3v) is 7.67. The highest BCUT2D eigenvalue weighted by Gasteiger charge is 2.32. The fourth-order valence-electron chi connectivity index (χ4n) is 3.66. The van der Waals surface area contributed by atoms with Gasteiger partial charge in [-0.05, 0) is 49.2 Å². The van der Waals surface area contributed by atoms with Gasteiger partial charge in [0.1, 0.15) is 12.6 Å². The summed E-state index contributed by atoms with van der Waals surface area (Å²) in [7, 11) is -2.63. The fraction of sp³-hybridized carbons (Fsp3) is 0.231. The van der Waals surface area contributed by atoms with Crippen molar-refractivity contribution in [1.29, 1.82) is 0 Å². The standard InChI is InChI=1S/C26H28ClN3O4S/c1-19-14-15-22(27)16-24(19)30(35(33,34)23-12-8-5-9-13-23)18-25(31)29(20(2)26(32)28-3)17-21-10-6-4-7-11-21/h4-16,20H,17-18H2,1-3H3,(H,28,32). The maximum absolute atomic E-state index is 13.7. The summed E-state index contributed by atoms with van der Waals surface area (Å²) in [5.41, 5.74) is 1.74. The van der Waals surface area contributed by atoms with Gasteiger partial charge in [0.15, 0.2) is 0 Å². The van der Waals surface area contributed by atoms with Gasteiger partial charge in [-0.1, -0.05) is 66.2 Å². The number of aryl methyl sites for hydroxylation is 1. The van der Waals surface area contributed by atoms with Gasteiger partial charge in [-0.2, -0.15) is 0 Å². The molecule has 0 spiro atoms. The number of likely N-dealkylation sites (N-methyl/N-ethyl adjacent to an activating group) is 1. The van der Waals surface area contributed by atoms with Crippen LogP contribution in [0.4, 0.5) is 5.69 Å². The van der Waals surface area contributed by atoms with Crippen molar-refractivity contribution >= 4 is 39.1 Å². The van der Waals surface area contributed by atoms with E-state index in [4.69, 9.17) is 11.6 Å². The van der Waals surface area contributed by atoms with Gasteiger partial charge in [0.2, 0.25) is 11.8 Å². The number of carbonyl (C=O) groups is 2. The largest absolute Gasteiger partial charge is 0.357 e. The molecule has 0 aliphatic rings. The molecule has 0 aliphatic carbocycles. The summed E-state index contributed by atoms with van der Waals surface area (Å²) in [4.78, 5) is 27.6. The van der Waals surface area contributed by atoms with Crippen molar-refractivity contribution in [3.8, 4) is 0 Å². The predicted molar refractivity (Wildman–Crippen MR) is 138 cm³/mol. The second kappa shape index (κ2) is 11.4. The maximum Gasteiger partial charge on any atom is 0.264 e. The first-order chi connectivity index (χ1) is 16.6. The summed E-state index contributed by atoms with van der Waals surface area (Å²) in [6, 6.07) is 21.2. The van der Waals surface area contributed by atoms with Crippen LogP contribution < -0.4 is 9.62 Å². The third kappa shape index (κ3) is 6.21. The van der Waals surface area contributed by atoms with Crippen molar-refractivity contribution in [1.82, 2.24) is 10.2 Å². The van der Waals surface area contributed by atoms with E-state index < -0.39 is 28.5 Å². The highest BCUT2D eigenvalue weighted by Crippen LogP contribution is 2.30. The van der Waals surface area contributed by atoms with E-state index in [-0.39, 0.29) is 17.3 Å². The van der Waals surface area contributed by atoms with Crippen LogP contribution in [0, 0.1) is 6.92 Å². The van der Waals surface area contributed by atoms with E-state index in [1.54, 1.807) is 44.2 Å². The minimum absolute atomic E-state index is 0.0427. The van der Waals surface area contributed by atoms with Gasteiger partial charge in [0.25, 0.3) is 10.0 Å². The zero-order chi connectivity index (χ0) is 25.6. The van der Waals surface area contributed by atoms with Crippen molar-refractivity contribution in [3.05, 3.63) is 95.0 Å². The van der Waals surface area contributed by atoms with Gasteiger partial charge < -0.3 is 10.2 Å². The SMILES string of the molecule is CNC(=O)C(C)N(Cc1ccccc1)C(=O)CN(c1cc(Cl)ccc1C)S(=O)(=O)c1ccccc1. The van der Waals surface area contributed by atoms with E-state index in [9.17, 15) is 18.0 Å². The van der Waals surface area contributed by atoms with Crippen LogP contribution >= 0.6 is 11.6 Å². The highest BCUT2D eigenvalue weighted by molar-refractivity contribution is 7.92. The second-order valence-corrected chi connectivity index (χ2v) is 10.4. The number of halogens is 1. The highest BCUT2D eigenvalue weighted by atomic mass is 35.5. The van der Waals surface area contributed by atoms with Crippen LogP contribution in [0.3, 0.4) is 0 Å². The molecule has 3 aromatic carbocycles. The second-order valence-electron chi connectivity index (χ2n) is 8.05. The van der Waals surface area contributed by atoms with E-state index in [1.165, 1.54) is 30.1 Å². The van der Waals surface area contributed by atoms with Crippen LogP contribution in [0.2, 0.25) is 5.02 Å². The predicted octanol–water partition coefficient (Wildman–Crippen LogP) is 4.01. The Labute approximate surface area is 211 Å². The number of benzene rings is 3. The molecule has 0 aromatic heterocycles. The van der Waals surface area contributed by atoms with Crippen molar-refractivity contribution < 1.29 is 18.0 Å². The molecule has 2 amide bonds. The molecule has 9 heteroatoms. The molecule has 1 atom stereocenters. The molecule has 0 bridgehead atoms. The van der Waals surface area contributed by atoms with Crippen molar-refractivity contribution in [2.24, 2.45) is 0 Å². The van der Waals surface area contributed by atoms with Gasteiger partial charge in [-0.3, -0.25) is 13.9 Å². The Balaban J connectivity index is 2.06. The zero-order valence-electron chi connectivity index (χ0n) is 19.8. The Morgan fingerprint density at radius 1 is 0.971 bits per heavy atom. The van der Waals surface area contributed by atoms with Crippen LogP contribution in [0.5, 0.6) is 0 Å². The Hall–Kier alpha value is -3.36. The van der Waals surface area contributed by atoms with Crippen LogP contribution in [-0.2, 0) is 26.2 Å². The lowest BCUT2D eigenvalue weighted by atomic mass is 10.1. The Kier molecular flexibility index (Phi) is 8.53. The Morgan fingerprint density at radius 3 is 2.17 bits per heavy atom. The molecule has 0 heterocycles. The molecule has 1 unspecified atom stereocenters. The number of nitrogens with one attached hydrogen (secondary N) is 1. The summed E-state index contributed by atoms with van der Waals surface area (Å²) < 4.78 is 28.5. The molecule has 7 nitrogen and oxygen atoms in total. The number of rotatable bonds is 9. The molecule has 184 valence electrons.